The maximum absolute atomic E-state index is 11.3. The zero-order valence-electron chi connectivity index (χ0n) is 14.2. The van der Waals surface area contributed by atoms with Gasteiger partial charge in [-0.3, -0.25) is 10.1 Å². The molecule has 0 unspecified atom stereocenters. The van der Waals surface area contributed by atoms with Crippen LogP contribution in [0.1, 0.15) is 35.1 Å². The minimum atomic E-state index is -0.358. The molecule has 0 spiro atoms. The molecule has 2 aromatic carbocycles. The highest BCUT2D eigenvalue weighted by molar-refractivity contribution is 5.71. The minimum Gasteiger partial charge on any atom is -0.494 e. The second-order valence-corrected chi connectivity index (χ2v) is 6.76. The number of nitrogens with zero attached hydrogens (tertiary/aromatic N) is 1. The number of hydrogen-bond donors (Lipinski definition) is 1. The maximum Gasteiger partial charge on any atom is 0.273 e. The number of benzene rings is 2. The van der Waals surface area contributed by atoms with Crippen molar-refractivity contribution in [3.05, 3.63) is 75.4 Å². The third-order valence-electron chi connectivity index (χ3n) is 5.25. The number of ether oxygens (including phenoxy) is 1. The van der Waals surface area contributed by atoms with Crippen molar-refractivity contribution in [1.82, 2.24) is 0 Å². The molecular weight excluding hydrogens is 316 g/mol. The van der Waals surface area contributed by atoms with E-state index in [2.05, 4.69) is 48.7 Å². The summed E-state index contributed by atoms with van der Waals surface area (Å²) in [5.74, 6) is 1.04. The quantitative estimate of drug-likeness (QED) is 0.499. The number of fused-ring (bicyclic) bond motifs is 3. The second kappa shape index (κ2) is 5.92. The van der Waals surface area contributed by atoms with E-state index >= 15 is 0 Å². The molecule has 5 heteroatoms. The smallest absolute Gasteiger partial charge is 0.273 e. The number of anilines is 1. The van der Waals surface area contributed by atoms with Crippen molar-refractivity contribution in [2.75, 3.05) is 12.4 Å². The molecule has 1 aliphatic heterocycles. The van der Waals surface area contributed by atoms with Crippen LogP contribution in [0, 0.1) is 23.0 Å². The van der Waals surface area contributed by atoms with E-state index in [9.17, 15) is 10.1 Å². The third kappa shape index (κ3) is 2.56. The van der Waals surface area contributed by atoms with E-state index in [-0.39, 0.29) is 22.6 Å². The summed E-state index contributed by atoms with van der Waals surface area (Å²) in [5, 5.41) is 14.9. The lowest BCUT2D eigenvalue weighted by Gasteiger charge is -2.38. The van der Waals surface area contributed by atoms with Crippen LogP contribution in [0.3, 0.4) is 0 Å². The van der Waals surface area contributed by atoms with Crippen LogP contribution < -0.4 is 10.1 Å². The second-order valence-electron chi connectivity index (χ2n) is 6.76. The van der Waals surface area contributed by atoms with E-state index in [1.54, 1.807) is 13.2 Å². The minimum absolute atomic E-state index is 0.0745. The molecule has 4 rings (SSSR count). The molecule has 1 N–H and O–H groups in total. The van der Waals surface area contributed by atoms with Gasteiger partial charge < -0.3 is 10.1 Å². The monoisotopic (exact) mass is 336 g/mol. The number of nitro groups is 1. The first-order valence-corrected chi connectivity index (χ1v) is 8.44. The highest BCUT2D eigenvalue weighted by Gasteiger charge is 2.40. The lowest BCUT2D eigenvalue weighted by Crippen LogP contribution is -2.29. The Morgan fingerprint density at radius 2 is 2.12 bits per heavy atom. The number of non-ortho nitro benzene ring substituents is 1. The van der Waals surface area contributed by atoms with E-state index in [0.29, 0.717) is 11.7 Å². The van der Waals surface area contributed by atoms with Crippen molar-refractivity contribution in [1.29, 1.82) is 0 Å². The van der Waals surface area contributed by atoms with Gasteiger partial charge in [0.15, 0.2) is 0 Å². The Morgan fingerprint density at radius 1 is 1.28 bits per heavy atom. The van der Waals surface area contributed by atoms with Gasteiger partial charge in [0.2, 0.25) is 0 Å². The van der Waals surface area contributed by atoms with Crippen molar-refractivity contribution in [2.45, 2.75) is 25.3 Å². The average molecular weight is 336 g/mol. The Kier molecular flexibility index (Phi) is 3.71. The summed E-state index contributed by atoms with van der Waals surface area (Å²) in [6.45, 7) is 2.09. The van der Waals surface area contributed by atoms with E-state index in [1.807, 2.05) is 0 Å². The van der Waals surface area contributed by atoms with Crippen LogP contribution in [0.4, 0.5) is 11.4 Å². The summed E-state index contributed by atoms with van der Waals surface area (Å²) in [7, 11) is 1.55. The lowest BCUT2D eigenvalue weighted by molar-refractivity contribution is -0.385. The number of rotatable bonds is 3. The van der Waals surface area contributed by atoms with Crippen molar-refractivity contribution in [2.24, 2.45) is 5.92 Å². The fourth-order valence-electron chi connectivity index (χ4n) is 4.11. The number of allylic oxidation sites excluding steroid dienone is 2. The highest BCUT2D eigenvalue weighted by Crippen LogP contribution is 2.53. The summed E-state index contributed by atoms with van der Waals surface area (Å²) < 4.78 is 5.47. The fourth-order valence-corrected chi connectivity index (χ4v) is 4.11. The van der Waals surface area contributed by atoms with Gasteiger partial charge in [-0.15, -0.1) is 0 Å². The van der Waals surface area contributed by atoms with E-state index in [4.69, 9.17) is 4.74 Å². The number of hydrogen-bond acceptors (Lipinski definition) is 4. The van der Waals surface area contributed by atoms with Crippen LogP contribution in [-0.2, 0) is 0 Å². The lowest BCUT2D eigenvalue weighted by atomic mass is 9.76. The molecule has 5 nitrogen and oxygen atoms in total. The van der Waals surface area contributed by atoms with Gasteiger partial charge in [-0.2, -0.15) is 0 Å². The average Bonchev–Trinajstić information content (AvgIpc) is 3.10. The Labute approximate surface area is 146 Å². The number of nitrogens with one attached hydrogen (secondary N) is 1. The van der Waals surface area contributed by atoms with Gasteiger partial charge in [0.05, 0.1) is 29.8 Å². The van der Waals surface area contributed by atoms with Gasteiger partial charge in [0, 0.05) is 12.0 Å². The number of methoxy groups -OCH3 is 1. The maximum atomic E-state index is 11.3. The zero-order valence-corrected chi connectivity index (χ0v) is 14.2. The summed E-state index contributed by atoms with van der Waals surface area (Å²) in [6.07, 6.45) is 5.32. The fraction of sp³-hybridized carbons (Fsp3) is 0.300. The van der Waals surface area contributed by atoms with Crippen LogP contribution in [-0.4, -0.2) is 12.0 Å². The molecule has 2 aromatic rings. The van der Waals surface area contributed by atoms with Gasteiger partial charge in [-0.25, -0.2) is 0 Å². The molecular formula is C20H20N2O3. The molecule has 0 bridgehead atoms. The Balaban J connectivity index is 1.85. The van der Waals surface area contributed by atoms with Gasteiger partial charge in [0.25, 0.3) is 5.69 Å². The Morgan fingerprint density at radius 3 is 2.84 bits per heavy atom. The van der Waals surface area contributed by atoms with Gasteiger partial charge in [-0.05, 0) is 30.4 Å². The van der Waals surface area contributed by atoms with Crippen LogP contribution in [0.2, 0.25) is 0 Å². The van der Waals surface area contributed by atoms with Crippen LogP contribution in [0.5, 0.6) is 5.75 Å². The van der Waals surface area contributed by atoms with E-state index in [1.165, 1.54) is 17.2 Å². The van der Waals surface area contributed by atoms with Gasteiger partial charge in [0.1, 0.15) is 5.75 Å². The van der Waals surface area contributed by atoms with Crippen molar-refractivity contribution in [3.8, 4) is 5.75 Å². The van der Waals surface area contributed by atoms with Crippen molar-refractivity contribution >= 4 is 11.4 Å². The van der Waals surface area contributed by atoms with Crippen LogP contribution in [0.25, 0.3) is 0 Å². The molecule has 128 valence electrons. The van der Waals surface area contributed by atoms with Gasteiger partial charge in [-0.1, -0.05) is 42.0 Å². The third-order valence-corrected chi connectivity index (χ3v) is 5.25. The summed E-state index contributed by atoms with van der Waals surface area (Å²) >= 11 is 0. The van der Waals surface area contributed by atoms with Crippen molar-refractivity contribution < 1.29 is 9.66 Å². The molecule has 0 amide bonds. The van der Waals surface area contributed by atoms with E-state index in [0.717, 1.165) is 17.7 Å². The molecule has 0 saturated carbocycles. The molecule has 0 fully saturated rings. The standard InChI is InChI=1S/C20H20N2O3/c1-12-5-3-6-13(9-12)19-16-8-4-7-15(16)17-10-14(22(23)24)11-18(25-2)20(17)21-19/h3-7,9-11,15-16,19,21H,8H2,1-2H3/t15-,16+,19+/m0/s1. The molecule has 25 heavy (non-hydrogen) atoms. The zero-order chi connectivity index (χ0) is 17.6. The largest absolute Gasteiger partial charge is 0.494 e. The van der Waals surface area contributed by atoms with Gasteiger partial charge >= 0.3 is 0 Å². The SMILES string of the molecule is COc1cc([N+](=O)[O-])cc2c1N[C@H](c1cccc(C)c1)[C@@H]1CC=C[C@H]21. The van der Waals surface area contributed by atoms with Crippen LogP contribution in [0.15, 0.2) is 48.6 Å². The highest BCUT2D eigenvalue weighted by atomic mass is 16.6. The molecule has 0 aromatic heterocycles. The first-order valence-electron chi connectivity index (χ1n) is 8.44. The topological polar surface area (TPSA) is 64.4 Å². The first-order chi connectivity index (χ1) is 12.1. The van der Waals surface area contributed by atoms with Crippen LogP contribution >= 0.6 is 0 Å². The molecule has 2 aliphatic rings. The van der Waals surface area contributed by atoms with Crippen molar-refractivity contribution in [3.63, 3.8) is 0 Å². The molecule has 1 heterocycles. The molecule has 3 atom stereocenters. The Hall–Kier alpha value is -2.82. The predicted octanol–water partition coefficient (Wildman–Crippen LogP) is 4.74. The summed E-state index contributed by atoms with van der Waals surface area (Å²) in [6, 6.07) is 11.9. The molecule has 0 radical (unpaired) electrons. The number of aryl methyl sites for hydroxylation is 1. The first kappa shape index (κ1) is 15.7. The number of nitro benzene ring substituents is 1. The normalized spacial score (nSPS) is 23.5. The molecule has 0 saturated heterocycles. The molecule has 1 aliphatic carbocycles. The Bertz CT molecular complexity index is 875. The summed E-state index contributed by atoms with van der Waals surface area (Å²) in [4.78, 5) is 10.9. The van der Waals surface area contributed by atoms with E-state index < -0.39 is 0 Å². The summed E-state index contributed by atoms with van der Waals surface area (Å²) in [5.41, 5.74) is 4.36. The predicted molar refractivity (Wildman–Crippen MR) is 97.2 cm³/mol.